The lowest BCUT2D eigenvalue weighted by molar-refractivity contribution is -0.126. The zero-order valence-corrected chi connectivity index (χ0v) is 13.9. The van der Waals surface area contributed by atoms with E-state index in [1.54, 1.807) is 31.3 Å². The molecule has 25 heavy (non-hydrogen) atoms. The van der Waals surface area contributed by atoms with E-state index >= 15 is 0 Å². The van der Waals surface area contributed by atoms with Crippen molar-refractivity contribution in [1.82, 2.24) is 0 Å². The molecule has 0 aliphatic heterocycles. The molecule has 0 unspecified atom stereocenters. The Bertz CT molecular complexity index is 777. The topological polar surface area (TPSA) is 102 Å². The van der Waals surface area contributed by atoms with Crippen LogP contribution < -0.4 is 16.0 Å². The maximum Gasteiger partial charge on any atom is 0.338 e. The van der Waals surface area contributed by atoms with Gasteiger partial charge in [0.15, 0.2) is 6.10 Å². The lowest BCUT2D eigenvalue weighted by atomic mass is 10.2. The Balaban J connectivity index is 2.04. The number of amides is 3. The van der Waals surface area contributed by atoms with Crippen molar-refractivity contribution >= 4 is 29.3 Å². The Morgan fingerprint density at radius 1 is 1.08 bits per heavy atom. The predicted molar refractivity (Wildman–Crippen MR) is 94.4 cm³/mol. The highest BCUT2D eigenvalue weighted by atomic mass is 16.5. The summed E-state index contributed by atoms with van der Waals surface area (Å²) in [5.41, 5.74) is 6.31. The van der Waals surface area contributed by atoms with Crippen molar-refractivity contribution < 1.29 is 19.1 Å². The number of primary amides is 1. The number of benzene rings is 2. The normalized spacial score (nSPS) is 11.3. The minimum atomic E-state index is -0.967. The molecular formula is C18H19N3O4. The van der Waals surface area contributed by atoms with Gasteiger partial charge in [-0.05, 0) is 37.3 Å². The van der Waals surface area contributed by atoms with Crippen LogP contribution in [0.15, 0.2) is 54.6 Å². The molecule has 3 N–H and O–H groups in total. The molecule has 7 nitrogen and oxygen atoms in total. The van der Waals surface area contributed by atoms with Crippen LogP contribution in [0.3, 0.4) is 0 Å². The number of likely N-dealkylation sites (N-methyl/N-ethyl adjacent to an activating group) is 1. The van der Waals surface area contributed by atoms with Gasteiger partial charge in [-0.25, -0.2) is 9.59 Å². The van der Waals surface area contributed by atoms with Crippen molar-refractivity contribution in [2.24, 2.45) is 5.73 Å². The van der Waals surface area contributed by atoms with Crippen LogP contribution in [-0.4, -0.2) is 31.1 Å². The summed E-state index contributed by atoms with van der Waals surface area (Å²) in [6, 6.07) is 14.4. The number of nitrogens with two attached hydrogens (primary N) is 1. The summed E-state index contributed by atoms with van der Waals surface area (Å²) < 4.78 is 5.23. The average molecular weight is 341 g/mol. The highest BCUT2D eigenvalue weighted by molar-refractivity contribution is 5.99. The summed E-state index contributed by atoms with van der Waals surface area (Å²) in [5.74, 6) is -1.03. The number of nitrogens with one attached hydrogen (secondary N) is 1. The zero-order chi connectivity index (χ0) is 18.4. The Labute approximate surface area is 145 Å². The zero-order valence-electron chi connectivity index (χ0n) is 13.9. The van der Waals surface area contributed by atoms with Gasteiger partial charge in [-0.2, -0.15) is 0 Å². The number of ether oxygens (including phenoxy) is 1. The Morgan fingerprint density at radius 2 is 1.76 bits per heavy atom. The molecule has 0 heterocycles. The van der Waals surface area contributed by atoms with Gasteiger partial charge in [0.25, 0.3) is 5.91 Å². The summed E-state index contributed by atoms with van der Waals surface area (Å²) in [6.45, 7) is 1.51. The molecule has 0 aromatic heterocycles. The highest BCUT2D eigenvalue weighted by Crippen LogP contribution is 2.15. The van der Waals surface area contributed by atoms with Gasteiger partial charge in [0.05, 0.1) is 5.56 Å². The maximum absolute atomic E-state index is 12.4. The Morgan fingerprint density at radius 3 is 2.40 bits per heavy atom. The minimum absolute atomic E-state index is 0.202. The molecule has 0 saturated heterocycles. The third-order valence-corrected chi connectivity index (χ3v) is 3.47. The van der Waals surface area contributed by atoms with E-state index in [1.165, 1.54) is 24.0 Å². The molecule has 0 aliphatic carbocycles. The van der Waals surface area contributed by atoms with Crippen LogP contribution in [-0.2, 0) is 9.53 Å². The number of nitrogens with zero attached hydrogens (tertiary/aromatic N) is 1. The molecule has 0 spiro atoms. The number of anilines is 2. The lowest BCUT2D eigenvalue weighted by Gasteiger charge is -2.21. The van der Waals surface area contributed by atoms with Crippen LogP contribution in [0.2, 0.25) is 0 Å². The number of carbonyl (C=O) groups excluding carboxylic acids is 3. The lowest BCUT2D eigenvalue weighted by Crippen LogP contribution is -2.37. The fourth-order valence-corrected chi connectivity index (χ4v) is 2.20. The third kappa shape index (κ3) is 4.81. The van der Waals surface area contributed by atoms with Crippen LogP contribution >= 0.6 is 0 Å². The second kappa shape index (κ2) is 7.96. The minimum Gasteiger partial charge on any atom is -0.449 e. The molecular weight excluding hydrogens is 322 g/mol. The van der Waals surface area contributed by atoms with Crippen molar-refractivity contribution in [3.05, 3.63) is 60.2 Å². The first kappa shape index (κ1) is 18.0. The standard InChI is InChI=1S/C18H19N3O4/c1-12(16(22)21(2)15-9-4-3-5-10-15)25-17(23)13-7-6-8-14(11-13)20-18(19)24/h3-12H,1-2H3,(H3,19,20,24)/t12-/m1/s1. The number of urea groups is 1. The average Bonchev–Trinajstić information content (AvgIpc) is 2.60. The fraction of sp³-hybridized carbons (Fsp3) is 0.167. The van der Waals surface area contributed by atoms with Gasteiger partial charge in [-0.3, -0.25) is 4.79 Å². The molecule has 0 aliphatic rings. The molecule has 3 amide bonds. The van der Waals surface area contributed by atoms with Crippen LogP contribution in [0, 0.1) is 0 Å². The Kier molecular flexibility index (Phi) is 5.73. The monoisotopic (exact) mass is 341 g/mol. The van der Waals surface area contributed by atoms with Gasteiger partial charge in [0.1, 0.15) is 0 Å². The molecule has 0 fully saturated rings. The van der Waals surface area contributed by atoms with E-state index in [2.05, 4.69) is 5.32 Å². The van der Waals surface area contributed by atoms with Crippen molar-refractivity contribution in [3.63, 3.8) is 0 Å². The van der Waals surface area contributed by atoms with E-state index in [1.807, 2.05) is 18.2 Å². The van der Waals surface area contributed by atoms with Crippen LogP contribution in [0.5, 0.6) is 0 Å². The fourth-order valence-electron chi connectivity index (χ4n) is 2.20. The van der Waals surface area contributed by atoms with Crippen molar-refractivity contribution in [1.29, 1.82) is 0 Å². The summed E-state index contributed by atoms with van der Waals surface area (Å²) in [6.07, 6.45) is -0.967. The molecule has 2 aromatic carbocycles. The molecule has 2 aromatic rings. The smallest absolute Gasteiger partial charge is 0.338 e. The van der Waals surface area contributed by atoms with E-state index in [0.717, 1.165) is 0 Å². The van der Waals surface area contributed by atoms with E-state index in [4.69, 9.17) is 10.5 Å². The first-order chi connectivity index (χ1) is 11.9. The molecule has 0 radical (unpaired) electrons. The molecule has 130 valence electrons. The quantitative estimate of drug-likeness (QED) is 0.815. The van der Waals surface area contributed by atoms with Crippen LogP contribution in [0.25, 0.3) is 0 Å². The van der Waals surface area contributed by atoms with Crippen molar-refractivity contribution in [2.75, 3.05) is 17.3 Å². The third-order valence-electron chi connectivity index (χ3n) is 3.47. The molecule has 1 atom stereocenters. The second-order valence-electron chi connectivity index (χ2n) is 5.35. The maximum atomic E-state index is 12.4. The molecule has 0 saturated carbocycles. The number of esters is 1. The summed E-state index contributed by atoms with van der Waals surface area (Å²) in [4.78, 5) is 36.9. The summed E-state index contributed by atoms with van der Waals surface area (Å²) in [5, 5.41) is 2.37. The van der Waals surface area contributed by atoms with Gasteiger partial charge in [-0.1, -0.05) is 24.3 Å². The molecule has 0 bridgehead atoms. The first-order valence-electron chi connectivity index (χ1n) is 7.58. The number of hydrogen-bond acceptors (Lipinski definition) is 4. The Hall–Kier alpha value is -3.35. The molecule has 7 heteroatoms. The summed E-state index contributed by atoms with van der Waals surface area (Å²) in [7, 11) is 1.61. The van der Waals surface area contributed by atoms with Gasteiger partial charge in [-0.15, -0.1) is 0 Å². The first-order valence-corrected chi connectivity index (χ1v) is 7.58. The number of carbonyl (C=O) groups is 3. The summed E-state index contributed by atoms with van der Waals surface area (Å²) >= 11 is 0. The van der Waals surface area contributed by atoms with E-state index in [-0.39, 0.29) is 11.5 Å². The second-order valence-corrected chi connectivity index (χ2v) is 5.35. The van der Waals surface area contributed by atoms with Crippen molar-refractivity contribution in [3.8, 4) is 0 Å². The van der Waals surface area contributed by atoms with Gasteiger partial charge in [0.2, 0.25) is 0 Å². The predicted octanol–water partition coefficient (Wildman–Crippen LogP) is 2.39. The van der Waals surface area contributed by atoms with Crippen LogP contribution in [0.4, 0.5) is 16.2 Å². The largest absolute Gasteiger partial charge is 0.449 e. The van der Waals surface area contributed by atoms with E-state index < -0.39 is 18.1 Å². The molecule has 2 rings (SSSR count). The van der Waals surface area contributed by atoms with E-state index in [0.29, 0.717) is 11.4 Å². The number of rotatable bonds is 5. The van der Waals surface area contributed by atoms with Crippen LogP contribution in [0.1, 0.15) is 17.3 Å². The number of hydrogen-bond donors (Lipinski definition) is 2. The van der Waals surface area contributed by atoms with Gasteiger partial charge >= 0.3 is 12.0 Å². The van der Waals surface area contributed by atoms with Gasteiger partial charge in [0, 0.05) is 18.4 Å². The van der Waals surface area contributed by atoms with Gasteiger partial charge < -0.3 is 20.7 Å². The SMILES string of the molecule is C[C@@H](OC(=O)c1cccc(NC(N)=O)c1)C(=O)N(C)c1ccccc1. The number of para-hydroxylation sites is 1. The van der Waals surface area contributed by atoms with E-state index in [9.17, 15) is 14.4 Å². The van der Waals surface area contributed by atoms with Crippen molar-refractivity contribution in [2.45, 2.75) is 13.0 Å². The highest BCUT2D eigenvalue weighted by Gasteiger charge is 2.23.